The van der Waals surface area contributed by atoms with Crippen LogP contribution in [0.2, 0.25) is 5.02 Å². The van der Waals surface area contributed by atoms with Gasteiger partial charge in [0.2, 0.25) is 0 Å². The highest BCUT2D eigenvalue weighted by atomic mass is 35.5. The second kappa shape index (κ2) is 5.01. The van der Waals surface area contributed by atoms with Crippen LogP contribution < -0.4 is 5.32 Å². The smallest absolute Gasteiger partial charge is 0.354 e. The van der Waals surface area contributed by atoms with E-state index in [1.54, 1.807) is 6.07 Å². The number of carbonyl (C=O) groups is 1. The molecule has 2 rings (SSSR count). The number of hydrogen-bond donors (Lipinski definition) is 2. The monoisotopic (exact) mass is 266 g/mol. The van der Waals surface area contributed by atoms with Gasteiger partial charge in [-0.3, -0.25) is 0 Å². The fourth-order valence-corrected chi connectivity index (χ4v) is 1.59. The molecule has 18 heavy (non-hydrogen) atoms. The van der Waals surface area contributed by atoms with Crippen molar-refractivity contribution in [1.29, 1.82) is 0 Å². The zero-order valence-corrected chi connectivity index (χ0v) is 9.78. The predicted molar refractivity (Wildman–Crippen MR) is 65.9 cm³/mol. The van der Waals surface area contributed by atoms with Crippen LogP contribution in [0, 0.1) is 5.82 Å². The highest BCUT2D eigenvalue weighted by molar-refractivity contribution is 6.33. The highest BCUT2D eigenvalue weighted by Crippen LogP contribution is 2.26. The Morgan fingerprint density at radius 1 is 1.33 bits per heavy atom. The van der Waals surface area contributed by atoms with Crippen molar-refractivity contribution in [2.75, 3.05) is 5.32 Å². The summed E-state index contributed by atoms with van der Waals surface area (Å²) in [5.74, 6) is -1.56. The summed E-state index contributed by atoms with van der Waals surface area (Å²) >= 11 is 5.85. The molecule has 0 aliphatic heterocycles. The maximum Gasteiger partial charge on any atom is 0.354 e. The van der Waals surface area contributed by atoms with Crippen molar-refractivity contribution in [3.63, 3.8) is 0 Å². The normalized spacial score (nSPS) is 10.1. The fourth-order valence-electron chi connectivity index (χ4n) is 1.37. The van der Waals surface area contributed by atoms with Crippen molar-refractivity contribution in [3.8, 4) is 0 Å². The van der Waals surface area contributed by atoms with Crippen molar-refractivity contribution in [1.82, 2.24) is 4.98 Å². The van der Waals surface area contributed by atoms with Crippen molar-refractivity contribution in [3.05, 3.63) is 53.1 Å². The number of benzene rings is 1. The number of aromatic carboxylic acids is 1. The Morgan fingerprint density at radius 2 is 2.11 bits per heavy atom. The number of hydrogen-bond acceptors (Lipinski definition) is 3. The van der Waals surface area contributed by atoms with Crippen LogP contribution in [0.15, 0.2) is 36.5 Å². The van der Waals surface area contributed by atoms with Crippen LogP contribution in [-0.2, 0) is 0 Å². The minimum atomic E-state index is -1.12. The molecule has 4 nitrogen and oxygen atoms in total. The van der Waals surface area contributed by atoms with E-state index in [0.717, 1.165) is 0 Å². The minimum absolute atomic E-state index is 0.0850. The molecule has 92 valence electrons. The SMILES string of the molecule is O=C(O)c1cc(Nc2ccc(F)cc2Cl)ccn1. The summed E-state index contributed by atoms with van der Waals surface area (Å²) < 4.78 is 12.9. The topological polar surface area (TPSA) is 62.2 Å². The zero-order chi connectivity index (χ0) is 13.1. The number of carboxylic acids is 1. The third-order valence-corrected chi connectivity index (χ3v) is 2.50. The van der Waals surface area contributed by atoms with Gasteiger partial charge in [0.05, 0.1) is 10.7 Å². The van der Waals surface area contributed by atoms with Gasteiger partial charge in [-0.2, -0.15) is 0 Å². The molecular formula is C12H8ClFN2O2. The maximum atomic E-state index is 12.9. The molecule has 0 spiro atoms. The highest BCUT2D eigenvalue weighted by Gasteiger charge is 2.06. The third kappa shape index (κ3) is 2.75. The van der Waals surface area contributed by atoms with Gasteiger partial charge in [0.15, 0.2) is 0 Å². The van der Waals surface area contributed by atoms with Crippen molar-refractivity contribution >= 4 is 28.9 Å². The molecule has 1 aromatic heterocycles. The van der Waals surface area contributed by atoms with Crippen LogP contribution in [0.1, 0.15) is 10.5 Å². The summed E-state index contributed by atoms with van der Waals surface area (Å²) in [5.41, 5.74) is 0.912. The van der Waals surface area contributed by atoms with Crippen LogP contribution in [0.5, 0.6) is 0 Å². The standard InChI is InChI=1S/C12H8ClFN2O2/c13-9-5-7(14)1-2-10(9)16-8-3-4-15-11(6-8)12(17)18/h1-6H,(H,15,16)(H,17,18). The van der Waals surface area contributed by atoms with Gasteiger partial charge < -0.3 is 10.4 Å². The Morgan fingerprint density at radius 3 is 2.78 bits per heavy atom. The molecule has 2 N–H and O–H groups in total. The molecule has 0 aliphatic rings. The van der Waals surface area contributed by atoms with Crippen LogP contribution in [-0.4, -0.2) is 16.1 Å². The Balaban J connectivity index is 2.28. The van der Waals surface area contributed by atoms with E-state index in [2.05, 4.69) is 10.3 Å². The molecule has 0 atom stereocenters. The van der Waals surface area contributed by atoms with E-state index < -0.39 is 11.8 Å². The fraction of sp³-hybridized carbons (Fsp3) is 0. The Labute approximate surface area is 107 Å². The average Bonchev–Trinajstić information content (AvgIpc) is 2.33. The first-order valence-electron chi connectivity index (χ1n) is 4.97. The molecule has 0 unspecified atom stereocenters. The summed E-state index contributed by atoms with van der Waals surface area (Å²) in [6.07, 6.45) is 1.36. The number of nitrogens with one attached hydrogen (secondary N) is 1. The molecule has 1 heterocycles. The molecule has 0 fully saturated rings. The van der Waals surface area contributed by atoms with Gasteiger partial charge in [-0.05, 0) is 30.3 Å². The lowest BCUT2D eigenvalue weighted by Crippen LogP contribution is -2.01. The first kappa shape index (κ1) is 12.3. The molecule has 0 saturated heterocycles. The lowest BCUT2D eigenvalue weighted by atomic mass is 10.2. The van der Waals surface area contributed by atoms with Gasteiger partial charge in [0.1, 0.15) is 11.5 Å². The number of rotatable bonds is 3. The van der Waals surface area contributed by atoms with Gasteiger partial charge >= 0.3 is 5.97 Å². The molecule has 0 bridgehead atoms. The lowest BCUT2D eigenvalue weighted by molar-refractivity contribution is 0.0690. The van der Waals surface area contributed by atoms with Crippen LogP contribution >= 0.6 is 11.6 Å². The molecule has 1 aromatic carbocycles. The molecule has 2 aromatic rings. The van der Waals surface area contributed by atoms with Crippen LogP contribution in [0.3, 0.4) is 0 Å². The molecule has 0 aliphatic carbocycles. The summed E-state index contributed by atoms with van der Waals surface area (Å²) in [6.45, 7) is 0. The molecule has 0 radical (unpaired) electrons. The van der Waals surface area contributed by atoms with E-state index in [1.165, 1.54) is 30.5 Å². The predicted octanol–water partition coefficient (Wildman–Crippen LogP) is 3.32. The van der Waals surface area contributed by atoms with E-state index in [9.17, 15) is 9.18 Å². The number of pyridine rings is 1. The van der Waals surface area contributed by atoms with E-state index >= 15 is 0 Å². The summed E-state index contributed by atoms with van der Waals surface area (Å²) in [6, 6.07) is 6.85. The van der Waals surface area contributed by atoms with E-state index in [1.807, 2.05) is 0 Å². The van der Waals surface area contributed by atoms with Crippen molar-refractivity contribution in [2.24, 2.45) is 0 Å². The van der Waals surface area contributed by atoms with Gasteiger partial charge in [0.25, 0.3) is 0 Å². The van der Waals surface area contributed by atoms with Crippen LogP contribution in [0.25, 0.3) is 0 Å². The summed E-state index contributed by atoms with van der Waals surface area (Å²) in [4.78, 5) is 14.4. The van der Waals surface area contributed by atoms with E-state index in [-0.39, 0.29) is 10.7 Å². The van der Waals surface area contributed by atoms with Gasteiger partial charge in [-0.1, -0.05) is 11.6 Å². The first-order valence-corrected chi connectivity index (χ1v) is 5.35. The van der Waals surface area contributed by atoms with Gasteiger partial charge in [-0.25, -0.2) is 14.2 Å². The Kier molecular flexibility index (Phi) is 3.43. The minimum Gasteiger partial charge on any atom is -0.477 e. The second-order valence-electron chi connectivity index (χ2n) is 3.48. The average molecular weight is 267 g/mol. The number of halogens is 2. The largest absolute Gasteiger partial charge is 0.477 e. The van der Waals surface area contributed by atoms with Crippen molar-refractivity contribution < 1.29 is 14.3 Å². The first-order chi connectivity index (χ1) is 8.56. The summed E-state index contributed by atoms with van der Waals surface area (Å²) in [7, 11) is 0. The number of aromatic nitrogens is 1. The quantitative estimate of drug-likeness (QED) is 0.895. The Hall–Kier alpha value is -2.14. The number of anilines is 2. The molecule has 0 amide bonds. The van der Waals surface area contributed by atoms with Gasteiger partial charge in [-0.15, -0.1) is 0 Å². The van der Waals surface area contributed by atoms with Gasteiger partial charge in [0, 0.05) is 11.9 Å². The molecular weight excluding hydrogens is 259 g/mol. The molecule has 6 heteroatoms. The summed E-state index contributed by atoms with van der Waals surface area (Å²) in [5, 5.41) is 11.9. The second-order valence-corrected chi connectivity index (χ2v) is 3.89. The number of nitrogens with zero attached hydrogens (tertiary/aromatic N) is 1. The van der Waals surface area contributed by atoms with Crippen LogP contribution in [0.4, 0.5) is 15.8 Å². The lowest BCUT2D eigenvalue weighted by Gasteiger charge is -2.08. The third-order valence-electron chi connectivity index (χ3n) is 2.19. The number of carboxylic acid groups (broad SMARTS) is 1. The molecule has 0 saturated carbocycles. The van der Waals surface area contributed by atoms with E-state index in [4.69, 9.17) is 16.7 Å². The van der Waals surface area contributed by atoms with E-state index in [0.29, 0.717) is 11.4 Å². The zero-order valence-electron chi connectivity index (χ0n) is 9.02. The maximum absolute atomic E-state index is 12.9. The Bertz CT molecular complexity index is 604. The van der Waals surface area contributed by atoms with Crippen molar-refractivity contribution in [2.45, 2.75) is 0 Å².